The van der Waals surface area contributed by atoms with Crippen LogP contribution in [0.25, 0.3) is 0 Å². The summed E-state index contributed by atoms with van der Waals surface area (Å²) in [5.74, 6) is 0.384. The number of hydrogen-bond acceptors (Lipinski definition) is 3. The monoisotopic (exact) mass is 340 g/mol. The van der Waals surface area contributed by atoms with Crippen LogP contribution in [0.5, 0.6) is 5.75 Å². The first-order valence-electron chi connectivity index (χ1n) is 8.20. The van der Waals surface area contributed by atoms with Gasteiger partial charge in [0, 0.05) is 31.3 Å². The first kappa shape index (κ1) is 18.5. The van der Waals surface area contributed by atoms with Gasteiger partial charge in [-0.2, -0.15) is 0 Å². The lowest BCUT2D eigenvalue weighted by Crippen LogP contribution is -2.37. The fourth-order valence-electron chi connectivity index (χ4n) is 2.51. The van der Waals surface area contributed by atoms with E-state index in [0.717, 1.165) is 11.3 Å². The van der Waals surface area contributed by atoms with Crippen LogP contribution in [0.15, 0.2) is 42.5 Å². The Hall–Kier alpha value is -2.82. The van der Waals surface area contributed by atoms with E-state index in [1.165, 1.54) is 12.5 Å². The molecule has 0 aliphatic heterocycles. The van der Waals surface area contributed by atoms with E-state index in [9.17, 15) is 9.59 Å². The summed E-state index contributed by atoms with van der Waals surface area (Å²) in [7, 11) is 1.56. The topological polar surface area (TPSA) is 58.6 Å². The van der Waals surface area contributed by atoms with Crippen molar-refractivity contribution >= 4 is 17.5 Å². The highest BCUT2D eigenvalue weighted by Gasteiger charge is 2.13. The summed E-state index contributed by atoms with van der Waals surface area (Å²) in [6, 6.07) is 12.9. The quantitative estimate of drug-likeness (QED) is 0.879. The lowest BCUT2D eigenvalue weighted by molar-refractivity contribution is -0.116. The molecule has 0 radical (unpaired) electrons. The first-order valence-corrected chi connectivity index (χ1v) is 8.20. The van der Waals surface area contributed by atoms with E-state index in [1.807, 2.05) is 32.0 Å². The molecule has 2 aromatic rings. The molecule has 0 saturated heterocycles. The van der Waals surface area contributed by atoms with Crippen molar-refractivity contribution in [2.45, 2.75) is 20.8 Å². The van der Waals surface area contributed by atoms with Gasteiger partial charge < -0.3 is 15.0 Å². The molecule has 2 rings (SSSR count). The van der Waals surface area contributed by atoms with Crippen LogP contribution < -0.4 is 15.0 Å². The largest absolute Gasteiger partial charge is 0.497 e. The van der Waals surface area contributed by atoms with Gasteiger partial charge in [0.15, 0.2) is 0 Å². The summed E-state index contributed by atoms with van der Waals surface area (Å²) in [6.45, 7) is 6.35. The Morgan fingerprint density at radius 3 is 2.48 bits per heavy atom. The third-order valence-electron chi connectivity index (χ3n) is 4.14. The minimum absolute atomic E-state index is 0.0566. The zero-order valence-electron chi connectivity index (χ0n) is 15.1. The summed E-state index contributed by atoms with van der Waals surface area (Å²) >= 11 is 0. The highest BCUT2D eigenvalue weighted by atomic mass is 16.5. The van der Waals surface area contributed by atoms with Gasteiger partial charge >= 0.3 is 0 Å². The van der Waals surface area contributed by atoms with Gasteiger partial charge in [0.25, 0.3) is 5.91 Å². The van der Waals surface area contributed by atoms with Crippen molar-refractivity contribution in [3.63, 3.8) is 0 Å². The van der Waals surface area contributed by atoms with Crippen LogP contribution in [0.3, 0.4) is 0 Å². The van der Waals surface area contributed by atoms with Crippen molar-refractivity contribution < 1.29 is 14.3 Å². The maximum atomic E-state index is 12.2. The average Bonchev–Trinajstić information content (AvgIpc) is 2.60. The molecule has 0 spiro atoms. The van der Waals surface area contributed by atoms with Crippen LogP contribution in [-0.4, -0.2) is 32.0 Å². The molecule has 0 aliphatic rings. The van der Waals surface area contributed by atoms with Gasteiger partial charge in [-0.1, -0.05) is 12.1 Å². The van der Waals surface area contributed by atoms with E-state index >= 15 is 0 Å². The molecule has 0 aliphatic carbocycles. The molecule has 0 fully saturated rings. The van der Waals surface area contributed by atoms with E-state index in [-0.39, 0.29) is 11.8 Å². The molecule has 2 amide bonds. The summed E-state index contributed by atoms with van der Waals surface area (Å²) in [4.78, 5) is 25.9. The number of carbonyl (C=O) groups excluding carboxylic acids is 2. The van der Waals surface area contributed by atoms with Crippen molar-refractivity contribution in [1.29, 1.82) is 0 Å². The van der Waals surface area contributed by atoms with Crippen molar-refractivity contribution in [2.24, 2.45) is 0 Å². The summed E-state index contributed by atoms with van der Waals surface area (Å²) in [5.41, 5.74) is 3.67. The zero-order chi connectivity index (χ0) is 18.4. The van der Waals surface area contributed by atoms with Crippen LogP contribution in [0, 0.1) is 13.8 Å². The Morgan fingerprint density at radius 2 is 1.84 bits per heavy atom. The molecule has 25 heavy (non-hydrogen) atoms. The van der Waals surface area contributed by atoms with Crippen LogP contribution in [0.4, 0.5) is 5.69 Å². The molecule has 0 unspecified atom stereocenters. The molecular weight excluding hydrogens is 316 g/mol. The standard InChI is InChI=1S/C20H24N2O3/c1-14-8-9-18(12-15(14)2)22(16(3)23)11-10-21-20(24)17-6-5-7-19(13-17)25-4/h5-9,12-13H,10-11H2,1-4H3,(H,21,24). The Kier molecular flexibility index (Phi) is 6.17. The number of aryl methyl sites for hydroxylation is 2. The molecular formula is C20H24N2O3. The number of nitrogens with one attached hydrogen (secondary N) is 1. The second kappa shape index (κ2) is 8.33. The normalized spacial score (nSPS) is 10.2. The maximum absolute atomic E-state index is 12.2. The maximum Gasteiger partial charge on any atom is 0.251 e. The van der Waals surface area contributed by atoms with Gasteiger partial charge in [-0.15, -0.1) is 0 Å². The summed E-state index contributed by atoms with van der Waals surface area (Å²) in [5, 5.41) is 2.84. The molecule has 2 aromatic carbocycles. The number of nitrogens with zero attached hydrogens (tertiary/aromatic N) is 1. The highest BCUT2D eigenvalue weighted by molar-refractivity contribution is 5.95. The molecule has 132 valence electrons. The Morgan fingerprint density at radius 1 is 1.08 bits per heavy atom. The second-order valence-corrected chi connectivity index (χ2v) is 5.93. The van der Waals surface area contributed by atoms with Gasteiger partial charge in [-0.25, -0.2) is 0 Å². The number of rotatable bonds is 6. The van der Waals surface area contributed by atoms with Crippen LogP contribution >= 0.6 is 0 Å². The number of ether oxygens (including phenoxy) is 1. The number of carbonyl (C=O) groups is 2. The summed E-state index contributed by atoms with van der Waals surface area (Å²) in [6.07, 6.45) is 0. The van der Waals surface area contributed by atoms with E-state index in [2.05, 4.69) is 5.32 Å². The minimum Gasteiger partial charge on any atom is -0.497 e. The number of methoxy groups -OCH3 is 1. The van der Waals surface area contributed by atoms with E-state index < -0.39 is 0 Å². The SMILES string of the molecule is COc1cccc(C(=O)NCCN(C(C)=O)c2ccc(C)c(C)c2)c1. The zero-order valence-corrected chi connectivity index (χ0v) is 15.1. The van der Waals surface area contributed by atoms with E-state index in [1.54, 1.807) is 36.3 Å². The van der Waals surface area contributed by atoms with Crippen LogP contribution in [0.2, 0.25) is 0 Å². The number of anilines is 1. The van der Waals surface area contributed by atoms with E-state index in [4.69, 9.17) is 4.74 Å². The molecule has 5 heteroatoms. The number of hydrogen-bond donors (Lipinski definition) is 1. The predicted molar refractivity (Wildman–Crippen MR) is 99.3 cm³/mol. The van der Waals surface area contributed by atoms with Crippen LogP contribution in [0.1, 0.15) is 28.4 Å². The number of benzene rings is 2. The lowest BCUT2D eigenvalue weighted by Gasteiger charge is -2.22. The Labute approximate surface area is 148 Å². The van der Waals surface area contributed by atoms with E-state index in [0.29, 0.717) is 24.4 Å². The third-order valence-corrected chi connectivity index (χ3v) is 4.14. The molecule has 1 N–H and O–H groups in total. The second-order valence-electron chi connectivity index (χ2n) is 5.93. The van der Waals surface area contributed by atoms with Crippen molar-refractivity contribution in [3.8, 4) is 5.75 Å². The fourth-order valence-corrected chi connectivity index (χ4v) is 2.51. The first-order chi connectivity index (χ1) is 11.9. The smallest absolute Gasteiger partial charge is 0.251 e. The van der Waals surface area contributed by atoms with Crippen molar-refractivity contribution in [2.75, 3.05) is 25.1 Å². The molecule has 0 heterocycles. The highest BCUT2D eigenvalue weighted by Crippen LogP contribution is 2.19. The molecule has 0 atom stereocenters. The summed E-state index contributed by atoms with van der Waals surface area (Å²) < 4.78 is 5.12. The molecule has 0 bridgehead atoms. The molecule has 5 nitrogen and oxygen atoms in total. The van der Waals surface area contributed by atoms with Gasteiger partial charge in [-0.05, 0) is 55.3 Å². The Bertz CT molecular complexity index is 771. The van der Waals surface area contributed by atoms with Gasteiger partial charge in [0.1, 0.15) is 5.75 Å². The molecule has 0 saturated carbocycles. The van der Waals surface area contributed by atoms with Gasteiger partial charge in [0.2, 0.25) is 5.91 Å². The van der Waals surface area contributed by atoms with Gasteiger partial charge in [0.05, 0.1) is 7.11 Å². The average molecular weight is 340 g/mol. The Balaban J connectivity index is 2.00. The number of amides is 2. The molecule has 0 aromatic heterocycles. The van der Waals surface area contributed by atoms with Crippen LogP contribution in [-0.2, 0) is 4.79 Å². The predicted octanol–water partition coefficient (Wildman–Crippen LogP) is 3.09. The van der Waals surface area contributed by atoms with Crippen molar-refractivity contribution in [1.82, 2.24) is 5.32 Å². The fraction of sp³-hybridized carbons (Fsp3) is 0.300. The van der Waals surface area contributed by atoms with Crippen molar-refractivity contribution in [3.05, 3.63) is 59.2 Å². The lowest BCUT2D eigenvalue weighted by atomic mass is 10.1. The third kappa shape index (κ3) is 4.83. The minimum atomic E-state index is -0.192. The van der Waals surface area contributed by atoms with Gasteiger partial charge in [-0.3, -0.25) is 9.59 Å².